The van der Waals surface area contributed by atoms with Crippen molar-refractivity contribution in [3.63, 3.8) is 0 Å². The summed E-state index contributed by atoms with van der Waals surface area (Å²) in [6, 6.07) is 1.72. The molecular weight excluding hydrogens is 408 g/mol. The van der Waals surface area contributed by atoms with Gasteiger partial charge in [0.25, 0.3) is 0 Å². The van der Waals surface area contributed by atoms with Gasteiger partial charge in [-0.1, -0.05) is 34.1 Å². The summed E-state index contributed by atoms with van der Waals surface area (Å²) in [4.78, 5) is 0. The van der Waals surface area contributed by atoms with E-state index in [0.29, 0.717) is 12.6 Å². The Kier molecular flexibility index (Phi) is 21.6. The molecule has 0 fully saturated rings. The van der Waals surface area contributed by atoms with E-state index in [0.717, 1.165) is 38.1 Å². The van der Waals surface area contributed by atoms with E-state index in [9.17, 15) is 0 Å². The van der Waals surface area contributed by atoms with Crippen LogP contribution in [0.15, 0.2) is 0 Å². The van der Waals surface area contributed by atoms with Crippen molar-refractivity contribution in [2.45, 2.75) is 59.0 Å². The lowest BCUT2D eigenvalue weighted by Gasteiger charge is -2.27. The minimum absolute atomic E-state index is 0.497. The van der Waals surface area contributed by atoms with Gasteiger partial charge in [0.15, 0.2) is 0 Å². The second kappa shape index (κ2) is 20.0. The summed E-state index contributed by atoms with van der Waals surface area (Å²) >= 11 is 0. The Balaban J connectivity index is 0. The Morgan fingerprint density at radius 2 is 1.24 bits per heavy atom. The molecular formula is C19H48N2O6Si2. The van der Waals surface area contributed by atoms with Crippen LogP contribution in [0.5, 0.6) is 0 Å². The van der Waals surface area contributed by atoms with Crippen molar-refractivity contribution in [1.82, 2.24) is 10.6 Å². The lowest BCUT2D eigenvalue weighted by Crippen LogP contribution is -2.47. The van der Waals surface area contributed by atoms with Gasteiger partial charge in [0, 0.05) is 47.6 Å². The van der Waals surface area contributed by atoms with Gasteiger partial charge in [-0.25, -0.2) is 0 Å². The molecule has 2 N–H and O–H groups in total. The third-order valence-electron chi connectivity index (χ3n) is 4.40. The van der Waals surface area contributed by atoms with E-state index in [2.05, 4.69) is 31.4 Å². The minimum Gasteiger partial charge on any atom is -0.377 e. The van der Waals surface area contributed by atoms with Crippen LogP contribution in [0.25, 0.3) is 0 Å². The summed E-state index contributed by atoms with van der Waals surface area (Å²) in [6.45, 7) is 12.0. The molecule has 178 valence electrons. The Labute approximate surface area is 182 Å². The molecule has 0 spiro atoms. The zero-order valence-corrected chi connectivity index (χ0v) is 22.4. The zero-order valence-electron chi connectivity index (χ0n) is 20.4. The molecule has 8 nitrogen and oxygen atoms in total. The SMILES string of the molecule is CCCCNCCC[Si](OC)(OC)OC.CCNCO[Si](CC(C)C)(OC)OC. The van der Waals surface area contributed by atoms with Crippen LogP contribution in [-0.4, -0.2) is 79.5 Å². The van der Waals surface area contributed by atoms with Gasteiger partial charge in [-0.3, -0.25) is 5.32 Å². The molecule has 0 bridgehead atoms. The van der Waals surface area contributed by atoms with Crippen molar-refractivity contribution in [2.75, 3.05) is 61.9 Å². The average Bonchev–Trinajstić information content (AvgIpc) is 2.73. The fourth-order valence-electron chi connectivity index (χ4n) is 2.60. The van der Waals surface area contributed by atoms with Gasteiger partial charge in [-0.05, 0) is 38.4 Å². The maximum Gasteiger partial charge on any atom is 0.501 e. The first-order valence-corrected chi connectivity index (χ1v) is 14.5. The van der Waals surface area contributed by atoms with Gasteiger partial charge < -0.3 is 31.9 Å². The second-order valence-corrected chi connectivity index (χ2v) is 13.1. The van der Waals surface area contributed by atoms with Crippen molar-refractivity contribution < 1.29 is 26.6 Å². The maximum absolute atomic E-state index is 5.66. The number of unbranched alkanes of at least 4 members (excludes halogenated alkanes) is 1. The monoisotopic (exact) mass is 456 g/mol. The molecule has 0 amide bonds. The predicted octanol–water partition coefficient (Wildman–Crippen LogP) is 3.10. The highest BCUT2D eigenvalue weighted by molar-refractivity contribution is 6.60. The van der Waals surface area contributed by atoms with Crippen LogP contribution in [0.1, 0.15) is 47.0 Å². The quantitative estimate of drug-likeness (QED) is 0.185. The standard InChI is InChI=1S/C10H25NO3Si.C9H23NO3Si/c1-5-6-8-11-9-7-10-15(12-2,13-3)14-4;1-6-10-8-13-14(11-4,12-5)7-9(2)3/h11H,5-10H2,1-4H3;9-10H,6-8H2,1-5H3. The Morgan fingerprint density at radius 1 is 0.724 bits per heavy atom. The normalized spacial score (nSPS) is 12.2. The fraction of sp³-hybridized carbons (Fsp3) is 1.00. The van der Waals surface area contributed by atoms with Crippen LogP contribution < -0.4 is 10.6 Å². The first-order valence-electron chi connectivity index (χ1n) is 10.7. The van der Waals surface area contributed by atoms with E-state index >= 15 is 0 Å². The summed E-state index contributed by atoms with van der Waals surface area (Å²) in [5.74, 6) is 0.517. The number of nitrogens with one attached hydrogen (secondary N) is 2. The molecule has 0 heterocycles. The topological polar surface area (TPSA) is 79.4 Å². The summed E-state index contributed by atoms with van der Waals surface area (Å²) in [6.07, 6.45) is 3.51. The van der Waals surface area contributed by atoms with Gasteiger partial charge in [-0.2, -0.15) is 0 Å². The first kappa shape index (κ1) is 31.3. The fourth-order valence-corrected chi connectivity index (χ4v) is 6.50. The summed E-state index contributed by atoms with van der Waals surface area (Å²) in [7, 11) is 3.55. The highest BCUT2D eigenvalue weighted by Gasteiger charge is 2.39. The molecule has 0 aromatic carbocycles. The van der Waals surface area contributed by atoms with Gasteiger partial charge in [0.05, 0.1) is 6.73 Å². The van der Waals surface area contributed by atoms with Crippen LogP contribution in [0, 0.1) is 5.92 Å². The number of hydrogen-bond donors (Lipinski definition) is 2. The molecule has 0 radical (unpaired) electrons. The first-order chi connectivity index (χ1) is 13.8. The van der Waals surface area contributed by atoms with Crippen LogP contribution >= 0.6 is 0 Å². The highest BCUT2D eigenvalue weighted by Crippen LogP contribution is 2.19. The second-order valence-electron chi connectivity index (χ2n) is 7.08. The average molecular weight is 457 g/mol. The minimum atomic E-state index is -2.41. The van der Waals surface area contributed by atoms with Gasteiger partial charge in [-0.15, -0.1) is 0 Å². The molecule has 0 aliphatic rings. The van der Waals surface area contributed by atoms with E-state index < -0.39 is 17.6 Å². The van der Waals surface area contributed by atoms with Crippen molar-refractivity contribution in [2.24, 2.45) is 5.92 Å². The van der Waals surface area contributed by atoms with E-state index in [-0.39, 0.29) is 0 Å². The van der Waals surface area contributed by atoms with E-state index in [1.165, 1.54) is 12.8 Å². The maximum atomic E-state index is 5.66. The third kappa shape index (κ3) is 15.5. The van der Waals surface area contributed by atoms with E-state index in [4.69, 9.17) is 26.6 Å². The largest absolute Gasteiger partial charge is 0.501 e. The summed E-state index contributed by atoms with van der Waals surface area (Å²) in [5.41, 5.74) is 0. The molecule has 29 heavy (non-hydrogen) atoms. The van der Waals surface area contributed by atoms with E-state index in [1.807, 2.05) is 6.92 Å². The van der Waals surface area contributed by atoms with Gasteiger partial charge >= 0.3 is 17.6 Å². The molecule has 0 atom stereocenters. The third-order valence-corrected chi connectivity index (χ3v) is 10.4. The molecule has 0 rings (SSSR count). The predicted molar refractivity (Wildman–Crippen MR) is 123 cm³/mol. The highest BCUT2D eigenvalue weighted by atomic mass is 28.4. The van der Waals surface area contributed by atoms with Crippen LogP contribution in [-0.2, 0) is 26.6 Å². The molecule has 10 heteroatoms. The zero-order chi connectivity index (χ0) is 22.6. The van der Waals surface area contributed by atoms with Gasteiger partial charge in [0.2, 0.25) is 0 Å². The van der Waals surface area contributed by atoms with Crippen LogP contribution in [0.2, 0.25) is 12.1 Å². The van der Waals surface area contributed by atoms with Crippen molar-refractivity contribution in [1.29, 1.82) is 0 Å². The number of hydrogen-bond acceptors (Lipinski definition) is 8. The molecule has 0 aromatic rings. The summed E-state index contributed by atoms with van der Waals surface area (Å²) in [5, 5.41) is 6.48. The van der Waals surface area contributed by atoms with Crippen LogP contribution in [0.3, 0.4) is 0 Å². The van der Waals surface area contributed by atoms with Crippen molar-refractivity contribution in [3.8, 4) is 0 Å². The molecule has 0 aromatic heterocycles. The van der Waals surface area contributed by atoms with Crippen LogP contribution in [0.4, 0.5) is 0 Å². The lowest BCUT2D eigenvalue weighted by molar-refractivity contribution is 0.0875. The molecule has 0 saturated heterocycles. The Bertz CT molecular complexity index is 338. The smallest absolute Gasteiger partial charge is 0.377 e. The van der Waals surface area contributed by atoms with E-state index in [1.54, 1.807) is 35.5 Å². The summed E-state index contributed by atoms with van der Waals surface area (Å²) < 4.78 is 32.5. The molecule has 0 aliphatic carbocycles. The molecule has 0 unspecified atom stereocenters. The number of rotatable bonds is 18. The lowest BCUT2D eigenvalue weighted by atomic mass is 10.3. The Hall–Kier alpha value is 0.114. The van der Waals surface area contributed by atoms with Crippen molar-refractivity contribution in [3.05, 3.63) is 0 Å². The Morgan fingerprint density at radius 3 is 1.66 bits per heavy atom. The molecule has 0 aliphatic heterocycles. The van der Waals surface area contributed by atoms with Crippen molar-refractivity contribution >= 4 is 17.6 Å². The molecule has 0 saturated carbocycles. The van der Waals surface area contributed by atoms with Gasteiger partial charge in [0.1, 0.15) is 0 Å².